The van der Waals surface area contributed by atoms with Crippen LogP contribution in [0.5, 0.6) is 0 Å². The number of anilines is 2. The second-order valence-corrected chi connectivity index (χ2v) is 5.84. The monoisotopic (exact) mass is 281 g/mol. The van der Waals surface area contributed by atoms with E-state index in [1.807, 2.05) is 6.20 Å². The third-order valence-electron chi connectivity index (χ3n) is 4.26. The van der Waals surface area contributed by atoms with E-state index >= 15 is 0 Å². The summed E-state index contributed by atoms with van der Waals surface area (Å²) >= 11 is 0. The van der Waals surface area contributed by atoms with Gasteiger partial charge in [0.25, 0.3) is 0 Å². The summed E-state index contributed by atoms with van der Waals surface area (Å²) in [6, 6.07) is 11.0. The van der Waals surface area contributed by atoms with Crippen LogP contribution in [0.25, 0.3) is 0 Å². The molecule has 1 aliphatic heterocycles. The molecule has 2 aromatic rings. The number of hydrogen-bond donors (Lipinski definition) is 1. The summed E-state index contributed by atoms with van der Waals surface area (Å²) in [5.41, 5.74) is 12.3. The van der Waals surface area contributed by atoms with Crippen molar-refractivity contribution < 1.29 is 0 Å². The molecule has 21 heavy (non-hydrogen) atoms. The van der Waals surface area contributed by atoms with Crippen LogP contribution in [-0.2, 0) is 6.42 Å². The van der Waals surface area contributed by atoms with Gasteiger partial charge in [0.05, 0.1) is 17.6 Å². The predicted octanol–water partition coefficient (Wildman–Crippen LogP) is 3.88. The fourth-order valence-corrected chi connectivity index (χ4v) is 2.98. The predicted molar refractivity (Wildman–Crippen MR) is 88.0 cm³/mol. The van der Waals surface area contributed by atoms with E-state index in [0.717, 1.165) is 24.3 Å². The highest BCUT2D eigenvalue weighted by Gasteiger charge is 2.18. The zero-order valence-electron chi connectivity index (χ0n) is 12.8. The van der Waals surface area contributed by atoms with Gasteiger partial charge in [-0.25, -0.2) is 0 Å². The Bertz CT molecular complexity index is 619. The molecule has 0 unspecified atom stereocenters. The summed E-state index contributed by atoms with van der Waals surface area (Å²) in [7, 11) is 0. The Hall–Kier alpha value is -1.87. The van der Waals surface area contributed by atoms with Crippen molar-refractivity contribution >= 4 is 11.4 Å². The first-order valence-corrected chi connectivity index (χ1v) is 7.77. The molecule has 3 rings (SSSR count). The van der Waals surface area contributed by atoms with Gasteiger partial charge in [-0.15, -0.1) is 0 Å². The van der Waals surface area contributed by atoms with E-state index in [-0.39, 0.29) is 6.04 Å². The number of hydrogen-bond acceptors (Lipinski definition) is 3. The molecule has 2 N–H and O–H groups in total. The Morgan fingerprint density at radius 1 is 1.29 bits per heavy atom. The summed E-state index contributed by atoms with van der Waals surface area (Å²) in [5.74, 6) is 0. The Kier molecular flexibility index (Phi) is 3.93. The molecule has 0 amide bonds. The van der Waals surface area contributed by atoms with E-state index in [1.165, 1.54) is 29.7 Å². The van der Waals surface area contributed by atoms with E-state index in [9.17, 15) is 0 Å². The van der Waals surface area contributed by atoms with Gasteiger partial charge in [-0.3, -0.25) is 4.98 Å². The SMILES string of the molecule is CC[C@@H](N)c1ccc(N2CCCc3cc(C)ccc32)cn1. The van der Waals surface area contributed by atoms with Gasteiger partial charge in [0.2, 0.25) is 0 Å². The highest BCUT2D eigenvalue weighted by Crippen LogP contribution is 2.33. The van der Waals surface area contributed by atoms with Crippen molar-refractivity contribution in [2.45, 2.75) is 39.2 Å². The molecule has 0 fully saturated rings. The fourth-order valence-electron chi connectivity index (χ4n) is 2.98. The maximum atomic E-state index is 6.04. The molecule has 0 spiro atoms. The smallest absolute Gasteiger partial charge is 0.0597 e. The second-order valence-electron chi connectivity index (χ2n) is 5.84. The van der Waals surface area contributed by atoms with Crippen LogP contribution < -0.4 is 10.6 Å². The fraction of sp³-hybridized carbons (Fsp3) is 0.389. The number of aromatic nitrogens is 1. The molecule has 1 aliphatic rings. The first-order chi connectivity index (χ1) is 10.2. The van der Waals surface area contributed by atoms with Crippen LogP contribution in [0, 0.1) is 6.92 Å². The summed E-state index contributed by atoms with van der Waals surface area (Å²) in [6.07, 6.45) is 5.23. The summed E-state index contributed by atoms with van der Waals surface area (Å²) in [4.78, 5) is 6.92. The van der Waals surface area contributed by atoms with Gasteiger partial charge in [0, 0.05) is 18.3 Å². The average Bonchev–Trinajstić information content (AvgIpc) is 2.53. The highest BCUT2D eigenvalue weighted by atomic mass is 15.1. The number of rotatable bonds is 3. The minimum Gasteiger partial charge on any atom is -0.340 e. The van der Waals surface area contributed by atoms with Crippen molar-refractivity contribution in [1.82, 2.24) is 4.98 Å². The van der Waals surface area contributed by atoms with E-state index in [1.54, 1.807) is 0 Å². The zero-order valence-corrected chi connectivity index (χ0v) is 12.8. The summed E-state index contributed by atoms with van der Waals surface area (Å²) < 4.78 is 0. The summed E-state index contributed by atoms with van der Waals surface area (Å²) in [6.45, 7) is 5.29. The molecule has 110 valence electrons. The maximum absolute atomic E-state index is 6.04. The lowest BCUT2D eigenvalue weighted by Crippen LogP contribution is -2.24. The standard InChI is InChI=1S/C18H23N3/c1-3-16(19)17-8-7-15(12-20-17)21-10-4-5-14-11-13(2)6-9-18(14)21/h6-9,11-12,16H,3-5,10,19H2,1-2H3/t16-/m1/s1. The van der Waals surface area contributed by atoms with Gasteiger partial charge in [-0.2, -0.15) is 0 Å². The van der Waals surface area contributed by atoms with Crippen LogP contribution in [0.15, 0.2) is 36.5 Å². The number of pyridine rings is 1. The lowest BCUT2D eigenvalue weighted by atomic mass is 9.99. The first kappa shape index (κ1) is 14.1. The zero-order chi connectivity index (χ0) is 14.8. The van der Waals surface area contributed by atoms with Crippen molar-refractivity contribution in [2.75, 3.05) is 11.4 Å². The quantitative estimate of drug-likeness (QED) is 0.928. The third-order valence-corrected chi connectivity index (χ3v) is 4.26. The summed E-state index contributed by atoms with van der Waals surface area (Å²) in [5, 5.41) is 0. The van der Waals surface area contributed by atoms with Gasteiger partial charge < -0.3 is 10.6 Å². The number of fused-ring (bicyclic) bond motifs is 1. The van der Waals surface area contributed by atoms with Gasteiger partial charge in [-0.05, 0) is 49.9 Å². The van der Waals surface area contributed by atoms with E-state index in [0.29, 0.717) is 0 Å². The lowest BCUT2D eigenvalue weighted by molar-refractivity contribution is 0.674. The normalized spacial score (nSPS) is 15.7. The molecule has 3 heteroatoms. The minimum atomic E-state index is 0.0374. The minimum absolute atomic E-state index is 0.0374. The van der Waals surface area contributed by atoms with Gasteiger partial charge >= 0.3 is 0 Å². The molecule has 1 aromatic carbocycles. The van der Waals surface area contributed by atoms with E-state index < -0.39 is 0 Å². The third kappa shape index (κ3) is 2.79. The van der Waals surface area contributed by atoms with Crippen molar-refractivity contribution in [1.29, 1.82) is 0 Å². The topological polar surface area (TPSA) is 42.1 Å². The van der Waals surface area contributed by atoms with Crippen molar-refractivity contribution in [3.8, 4) is 0 Å². The molecule has 0 saturated carbocycles. The van der Waals surface area contributed by atoms with Crippen LogP contribution >= 0.6 is 0 Å². The molecular formula is C18H23N3. The molecule has 0 radical (unpaired) electrons. The van der Waals surface area contributed by atoms with Crippen LogP contribution in [0.4, 0.5) is 11.4 Å². The molecular weight excluding hydrogens is 258 g/mol. The molecule has 0 bridgehead atoms. The van der Waals surface area contributed by atoms with Crippen LogP contribution in [0.1, 0.15) is 42.6 Å². The van der Waals surface area contributed by atoms with Gasteiger partial charge in [0.1, 0.15) is 0 Å². The van der Waals surface area contributed by atoms with Gasteiger partial charge in [-0.1, -0.05) is 24.6 Å². The largest absolute Gasteiger partial charge is 0.340 e. The van der Waals surface area contributed by atoms with E-state index in [2.05, 4.69) is 54.1 Å². The molecule has 2 heterocycles. The molecule has 1 atom stereocenters. The van der Waals surface area contributed by atoms with Crippen LogP contribution in [0.3, 0.4) is 0 Å². The van der Waals surface area contributed by atoms with E-state index in [4.69, 9.17) is 5.73 Å². The molecule has 0 aliphatic carbocycles. The Morgan fingerprint density at radius 2 is 2.14 bits per heavy atom. The number of aryl methyl sites for hydroxylation is 2. The Labute approximate surface area is 126 Å². The number of benzene rings is 1. The second kappa shape index (κ2) is 5.86. The average molecular weight is 281 g/mol. The highest BCUT2D eigenvalue weighted by molar-refractivity contribution is 5.67. The maximum Gasteiger partial charge on any atom is 0.0597 e. The number of nitrogens with two attached hydrogens (primary N) is 1. The van der Waals surface area contributed by atoms with Gasteiger partial charge in [0.15, 0.2) is 0 Å². The number of nitrogens with zero attached hydrogens (tertiary/aromatic N) is 2. The van der Waals surface area contributed by atoms with Crippen LogP contribution in [0.2, 0.25) is 0 Å². The molecule has 1 aromatic heterocycles. The Balaban J connectivity index is 1.92. The van der Waals surface area contributed by atoms with Crippen molar-refractivity contribution in [3.05, 3.63) is 53.3 Å². The van der Waals surface area contributed by atoms with Crippen LogP contribution in [-0.4, -0.2) is 11.5 Å². The Morgan fingerprint density at radius 3 is 2.86 bits per heavy atom. The molecule has 3 nitrogen and oxygen atoms in total. The molecule has 0 saturated heterocycles. The lowest BCUT2D eigenvalue weighted by Gasteiger charge is -2.31. The van der Waals surface area contributed by atoms with Crippen molar-refractivity contribution in [3.63, 3.8) is 0 Å². The first-order valence-electron chi connectivity index (χ1n) is 7.77. The van der Waals surface area contributed by atoms with Crippen molar-refractivity contribution in [2.24, 2.45) is 5.73 Å².